The normalized spacial score (nSPS) is 15.5. The Balaban J connectivity index is 1.84. The lowest BCUT2D eigenvalue weighted by Gasteiger charge is -2.23. The molecular formula is C10H12N2O3S. The fraction of sp³-hybridized carbons (Fsp3) is 0.500. The second-order valence-corrected chi connectivity index (χ2v) is 4.72. The molecular weight excluding hydrogens is 228 g/mol. The molecule has 0 saturated heterocycles. The fourth-order valence-corrected chi connectivity index (χ4v) is 2.18. The van der Waals surface area contributed by atoms with E-state index in [1.807, 2.05) is 0 Å². The molecule has 0 spiro atoms. The molecule has 1 fully saturated rings. The number of carboxylic acid groups (broad SMARTS) is 1. The van der Waals surface area contributed by atoms with Crippen LogP contribution in [0.3, 0.4) is 0 Å². The van der Waals surface area contributed by atoms with Gasteiger partial charge in [-0.1, -0.05) is 6.42 Å². The summed E-state index contributed by atoms with van der Waals surface area (Å²) in [5.41, 5.74) is 0.0397. The predicted octanol–water partition coefficient (Wildman–Crippen LogP) is 1.26. The van der Waals surface area contributed by atoms with Gasteiger partial charge in [-0.05, 0) is 12.8 Å². The third-order valence-electron chi connectivity index (χ3n) is 2.66. The third-order valence-corrected chi connectivity index (χ3v) is 3.51. The molecule has 1 aliphatic rings. The molecule has 6 heteroatoms. The van der Waals surface area contributed by atoms with E-state index < -0.39 is 5.97 Å². The maximum absolute atomic E-state index is 11.5. The van der Waals surface area contributed by atoms with Crippen LogP contribution in [0.4, 0.5) is 0 Å². The first-order valence-electron chi connectivity index (χ1n) is 5.12. The van der Waals surface area contributed by atoms with E-state index in [1.165, 1.54) is 16.7 Å². The van der Waals surface area contributed by atoms with Crippen LogP contribution in [-0.2, 0) is 11.3 Å². The molecule has 16 heavy (non-hydrogen) atoms. The molecule has 0 bridgehead atoms. The Morgan fingerprint density at radius 1 is 1.56 bits per heavy atom. The number of hydrogen-bond donors (Lipinski definition) is 2. The molecule has 0 radical (unpaired) electrons. The molecule has 1 aromatic rings. The van der Waals surface area contributed by atoms with Crippen LogP contribution in [0.15, 0.2) is 5.38 Å². The highest BCUT2D eigenvalue weighted by atomic mass is 32.1. The van der Waals surface area contributed by atoms with Gasteiger partial charge in [0, 0.05) is 11.3 Å². The summed E-state index contributed by atoms with van der Waals surface area (Å²) >= 11 is 1.25. The van der Waals surface area contributed by atoms with Crippen LogP contribution in [0, 0.1) is 5.92 Å². The van der Waals surface area contributed by atoms with Gasteiger partial charge < -0.3 is 10.4 Å². The Bertz CT molecular complexity index is 412. The van der Waals surface area contributed by atoms with Crippen molar-refractivity contribution in [3.8, 4) is 0 Å². The van der Waals surface area contributed by atoms with Crippen molar-refractivity contribution in [2.45, 2.75) is 25.8 Å². The number of rotatable bonds is 4. The van der Waals surface area contributed by atoms with Crippen molar-refractivity contribution in [3.05, 3.63) is 16.1 Å². The zero-order chi connectivity index (χ0) is 11.5. The van der Waals surface area contributed by atoms with Gasteiger partial charge in [-0.15, -0.1) is 11.3 Å². The molecule has 1 aromatic heterocycles. The summed E-state index contributed by atoms with van der Waals surface area (Å²) in [6.45, 7) is 0.327. The van der Waals surface area contributed by atoms with Gasteiger partial charge >= 0.3 is 5.97 Å². The van der Waals surface area contributed by atoms with Crippen LogP contribution in [0.5, 0.6) is 0 Å². The van der Waals surface area contributed by atoms with Gasteiger partial charge in [-0.2, -0.15) is 0 Å². The summed E-state index contributed by atoms with van der Waals surface area (Å²) in [4.78, 5) is 26.0. The van der Waals surface area contributed by atoms with Crippen molar-refractivity contribution in [1.82, 2.24) is 10.3 Å². The van der Waals surface area contributed by atoms with Crippen molar-refractivity contribution in [2.24, 2.45) is 5.92 Å². The first-order valence-corrected chi connectivity index (χ1v) is 6.00. The van der Waals surface area contributed by atoms with Crippen molar-refractivity contribution >= 4 is 23.2 Å². The van der Waals surface area contributed by atoms with E-state index in [9.17, 15) is 9.59 Å². The number of carboxylic acids is 1. The molecule has 0 aromatic carbocycles. The number of aromatic carboxylic acids is 1. The monoisotopic (exact) mass is 240 g/mol. The predicted molar refractivity (Wildman–Crippen MR) is 58.3 cm³/mol. The third kappa shape index (κ3) is 2.38. The van der Waals surface area contributed by atoms with Gasteiger partial charge in [0.15, 0.2) is 5.69 Å². The zero-order valence-electron chi connectivity index (χ0n) is 8.60. The zero-order valence-corrected chi connectivity index (χ0v) is 9.42. The van der Waals surface area contributed by atoms with Gasteiger partial charge in [-0.25, -0.2) is 9.78 Å². The van der Waals surface area contributed by atoms with Crippen molar-refractivity contribution in [2.75, 3.05) is 0 Å². The average molecular weight is 240 g/mol. The molecule has 2 N–H and O–H groups in total. The van der Waals surface area contributed by atoms with Gasteiger partial charge in [0.1, 0.15) is 5.01 Å². The summed E-state index contributed by atoms with van der Waals surface area (Å²) in [5, 5.41) is 13.5. The molecule has 2 rings (SSSR count). The van der Waals surface area contributed by atoms with Gasteiger partial charge in [0.2, 0.25) is 5.91 Å². The van der Waals surface area contributed by atoms with Crippen LogP contribution in [-0.4, -0.2) is 22.0 Å². The first kappa shape index (κ1) is 11.1. The van der Waals surface area contributed by atoms with E-state index in [0.717, 1.165) is 19.3 Å². The molecule has 1 aliphatic carbocycles. The van der Waals surface area contributed by atoms with E-state index in [1.54, 1.807) is 0 Å². The Hall–Kier alpha value is -1.43. The van der Waals surface area contributed by atoms with Crippen LogP contribution >= 0.6 is 11.3 Å². The topological polar surface area (TPSA) is 79.3 Å². The maximum atomic E-state index is 11.5. The number of carbonyl (C=O) groups excluding carboxylic acids is 1. The second kappa shape index (κ2) is 4.61. The standard InChI is InChI=1S/C10H12N2O3S/c13-9(6-2-1-3-6)11-4-8-12-7(5-16-8)10(14)15/h5-6H,1-4H2,(H,11,13)(H,14,15). The number of nitrogens with zero attached hydrogens (tertiary/aromatic N) is 1. The minimum absolute atomic E-state index is 0.0397. The van der Waals surface area contributed by atoms with Crippen molar-refractivity contribution in [1.29, 1.82) is 0 Å². The van der Waals surface area contributed by atoms with Crippen molar-refractivity contribution in [3.63, 3.8) is 0 Å². The van der Waals surface area contributed by atoms with E-state index in [-0.39, 0.29) is 17.5 Å². The average Bonchev–Trinajstić information content (AvgIpc) is 2.60. The summed E-state index contributed by atoms with van der Waals surface area (Å²) in [6, 6.07) is 0. The summed E-state index contributed by atoms with van der Waals surface area (Å²) in [6.07, 6.45) is 3.05. The molecule has 5 nitrogen and oxygen atoms in total. The number of nitrogens with one attached hydrogen (secondary N) is 1. The molecule has 86 valence electrons. The van der Waals surface area contributed by atoms with E-state index >= 15 is 0 Å². The quantitative estimate of drug-likeness (QED) is 0.830. The maximum Gasteiger partial charge on any atom is 0.355 e. The van der Waals surface area contributed by atoms with Gasteiger partial charge in [0.25, 0.3) is 0 Å². The fourth-order valence-electron chi connectivity index (χ4n) is 1.47. The smallest absolute Gasteiger partial charge is 0.355 e. The molecule has 1 heterocycles. The lowest BCUT2D eigenvalue weighted by atomic mass is 9.85. The van der Waals surface area contributed by atoms with Crippen LogP contribution in [0.1, 0.15) is 34.8 Å². The van der Waals surface area contributed by atoms with Crippen LogP contribution in [0.25, 0.3) is 0 Å². The molecule has 1 amide bonds. The number of thiazole rings is 1. The number of hydrogen-bond acceptors (Lipinski definition) is 4. The largest absolute Gasteiger partial charge is 0.476 e. The Labute approximate surface area is 96.5 Å². The summed E-state index contributed by atoms with van der Waals surface area (Å²) < 4.78 is 0. The van der Waals surface area contributed by atoms with E-state index in [2.05, 4.69) is 10.3 Å². The second-order valence-electron chi connectivity index (χ2n) is 3.78. The van der Waals surface area contributed by atoms with Crippen molar-refractivity contribution < 1.29 is 14.7 Å². The molecule has 0 aliphatic heterocycles. The highest BCUT2D eigenvalue weighted by Gasteiger charge is 2.24. The molecule has 0 unspecified atom stereocenters. The minimum atomic E-state index is -1.03. The van der Waals surface area contributed by atoms with Crippen LogP contribution < -0.4 is 5.32 Å². The summed E-state index contributed by atoms with van der Waals surface area (Å²) in [5.74, 6) is -0.829. The Morgan fingerprint density at radius 3 is 2.81 bits per heavy atom. The number of carbonyl (C=O) groups is 2. The van der Waals surface area contributed by atoms with Crippen LogP contribution in [0.2, 0.25) is 0 Å². The molecule has 0 atom stereocenters. The molecule has 1 saturated carbocycles. The SMILES string of the molecule is O=C(O)c1csc(CNC(=O)C2CCC2)n1. The highest BCUT2D eigenvalue weighted by molar-refractivity contribution is 7.09. The van der Waals surface area contributed by atoms with E-state index in [0.29, 0.717) is 11.6 Å². The Morgan fingerprint density at radius 2 is 2.31 bits per heavy atom. The summed E-state index contributed by atoms with van der Waals surface area (Å²) in [7, 11) is 0. The lowest BCUT2D eigenvalue weighted by molar-refractivity contribution is -0.127. The van der Waals surface area contributed by atoms with Gasteiger partial charge in [-0.3, -0.25) is 4.79 Å². The number of aromatic nitrogens is 1. The lowest BCUT2D eigenvalue weighted by Crippen LogP contribution is -2.33. The number of amides is 1. The Kier molecular flexibility index (Phi) is 3.19. The van der Waals surface area contributed by atoms with E-state index in [4.69, 9.17) is 5.11 Å². The minimum Gasteiger partial charge on any atom is -0.476 e. The first-order chi connectivity index (χ1) is 7.66. The van der Waals surface area contributed by atoms with Gasteiger partial charge in [0.05, 0.1) is 6.54 Å². The highest BCUT2D eigenvalue weighted by Crippen LogP contribution is 2.26.